The van der Waals surface area contributed by atoms with E-state index in [0.29, 0.717) is 13.0 Å². The van der Waals surface area contributed by atoms with Gasteiger partial charge >= 0.3 is 42.7 Å². The first-order chi connectivity index (χ1) is 15.6. The summed E-state index contributed by atoms with van der Waals surface area (Å²) in [7, 11) is 3.46. The summed E-state index contributed by atoms with van der Waals surface area (Å²) in [4.78, 5) is 16.7. The van der Waals surface area contributed by atoms with E-state index < -0.39 is 60.0 Å². The molecule has 1 rings (SSSR count). The number of quaternary nitrogens is 1. The second-order valence-corrected chi connectivity index (χ2v) is 7.75. The van der Waals surface area contributed by atoms with Crippen molar-refractivity contribution in [3.8, 4) is 0 Å². The standard InChI is InChI=1S/C8H15FN2O3.C7H2F13NO/c1-11(2,6-7(12)13)5-3-4-10-8(9)14;8-2(9,10)1-3(11,12)21-4(13,14)6(17,18)22-7(19,20)5(21,15)16/h3-6H2,1-2H3,(H-,10,12,13,14);1H2. The van der Waals surface area contributed by atoms with E-state index in [-0.39, 0.29) is 17.6 Å². The minimum atomic E-state index is -6.87. The summed E-state index contributed by atoms with van der Waals surface area (Å²) in [6, 6.07) is -20.2. The van der Waals surface area contributed by atoms with Crippen LogP contribution in [0, 0.1) is 0 Å². The Morgan fingerprint density at radius 3 is 1.67 bits per heavy atom. The lowest BCUT2D eigenvalue weighted by molar-refractivity contribution is -0.884. The number of hydrogen-bond donors (Lipinski definition) is 1. The number of hydrogen-bond acceptors (Lipinski definition) is 5. The van der Waals surface area contributed by atoms with Crippen LogP contribution in [-0.4, -0.2) is 91.8 Å². The molecule has 0 saturated carbocycles. The Balaban J connectivity index is 0.000000757. The number of nitrogens with zero attached hydrogens (tertiary/aromatic N) is 2. The van der Waals surface area contributed by atoms with Crippen LogP contribution in [-0.2, 0) is 9.53 Å². The molecule has 0 atom stereocenters. The van der Waals surface area contributed by atoms with Gasteiger partial charge in [-0.15, -0.1) is 9.29 Å². The van der Waals surface area contributed by atoms with E-state index in [1.165, 1.54) is 0 Å². The van der Waals surface area contributed by atoms with Gasteiger partial charge in [0.2, 0.25) is 0 Å². The van der Waals surface area contributed by atoms with E-state index >= 15 is 0 Å². The number of ether oxygens (including phenoxy) is 1. The van der Waals surface area contributed by atoms with Crippen molar-refractivity contribution >= 4 is 12.1 Å². The molecule has 1 amide bonds. The first-order valence-corrected chi connectivity index (χ1v) is 9.03. The third kappa shape index (κ3) is 8.75. The van der Waals surface area contributed by atoms with Gasteiger partial charge in [0, 0.05) is 13.0 Å². The number of nitrogens with one attached hydrogen (secondary N) is 1. The average molecular weight is 569 g/mol. The van der Waals surface area contributed by atoms with Crippen LogP contribution in [0.15, 0.2) is 0 Å². The molecule has 0 aromatic carbocycles. The SMILES string of the molecule is C[N+](C)(CCCNC(=O)F)CC(=O)[O-].FC(F)(F)CC(F)(F)N1C(F)(F)C(F)(F)OC(F)(F)C1(F)F. The third-order valence-electron chi connectivity index (χ3n) is 4.02. The maximum absolute atomic E-state index is 13.0. The van der Waals surface area contributed by atoms with Crippen molar-refractivity contribution in [3.05, 3.63) is 0 Å². The Bertz CT molecular complexity index is 762. The Hall–Kier alpha value is -2.16. The fourth-order valence-corrected chi connectivity index (χ4v) is 2.57. The molecular weight excluding hydrogens is 552 g/mol. The molecular formula is C15H17F14N3O4. The van der Waals surface area contributed by atoms with Gasteiger partial charge in [0.05, 0.1) is 26.6 Å². The molecule has 0 unspecified atom stereocenters. The van der Waals surface area contributed by atoms with Gasteiger partial charge in [0.15, 0.2) is 0 Å². The number of carbonyl (C=O) groups excluding carboxylic acids is 2. The van der Waals surface area contributed by atoms with Crippen LogP contribution >= 0.6 is 0 Å². The van der Waals surface area contributed by atoms with Crippen molar-refractivity contribution in [1.29, 1.82) is 0 Å². The maximum atomic E-state index is 13.0. The van der Waals surface area contributed by atoms with Gasteiger partial charge < -0.3 is 19.7 Å². The smallest absolute Gasteiger partial charge is 0.439 e. The number of aliphatic carboxylic acids is 1. The molecule has 0 aromatic rings. The van der Waals surface area contributed by atoms with Crippen LogP contribution in [0.1, 0.15) is 12.8 Å². The van der Waals surface area contributed by atoms with Crippen molar-refractivity contribution in [3.63, 3.8) is 0 Å². The fourth-order valence-electron chi connectivity index (χ4n) is 2.57. The number of carbonyl (C=O) groups is 2. The predicted molar refractivity (Wildman–Crippen MR) is 84.3 cm³/mol. The number of carboxylic acids is 1. The normalized spacial score (nSPS) is 21.2. The lowest BCUT2D eigenvalue weighted by atomic mass is 10.2. The number of morpholine rings is 1. The third-order valence-corrected chi connectivity index (χ3v) is 4.02. The van der Waals surface area contributed by atoms with Gasteiger partial charge in [0.25, 0.3) is 0 Å². The number of alkyl halides is 13. The molecule has 1 saturated heterocycles. The van der Waals surface area contributed by atoms with E-state index in [0.717, 1.165) is 0 Å². The topological polar surface area (TPSA) is 81.7 Å². The monoisotopic (exact) mass is 569 g/mol. The minimum absolute atomic E-state index is 0.0937. The summed E-state index contributed by atoms with van der Waals surface area (Å²) in [5.74, 6) is -1.12. The number of carboxylic acid groups (broad SMARTS) is 1. The summed E-state index contributed by atoms with van der Waals surface area (Å²) < 4.78 is 177. The summed E-state index contributed by atoms with van der Waals surface area (Å²) in [6.45, 7) is 0.655. The molecule has 214 valence electrons. The van der Waals surface area contributed by atoms with Crippen LogP contribution < -0.4 is 10.4 Å². The Morgan fingerprint density at radius 2 is 1.33 bits per heavy atom. The summed E-state index contributed by atoms with van der Waals surface area (Å²) in [5, 5.41) is 12.3. The maximum Gasteiger partial charge on any atom is 0.439 e. The van der Waals surface area contributed by atoms with Crippen molar-refractivity contribution in [1.82, 2.24) is 10.2 Å². The molecule has 21 heteroatoms. The zero-order valence-electron chi connectivity index (χ0n) is 17.9. The van der Waals surface area contributed by atoms with Gasteiger partial charge in [0.1, 0.15) is 13.0 Å². The summed E-state index contributed by atoms with van der Waals surface area (Å²) >= 11 is 0. The van der Waals surface area contributed by atoms with Crippen LogP contribution in [0.25, 0.3) is 0 Å². The first kappa shape index (κ1) is 33.8. The number of halogens is 14. The largest absolute Gasteiger partial charge is 0.544 e. The first-order valence-electron chi connectivity index (χ1n) is 9.03. The zero-order valence-corrected chi connectivity index (χ0v) is 17.9. The molecule has 0 radical (unpaired) electrons. The molecule has 1 aliphatic rings. The fraction of sp³-hybridized carbons (Fsp3) is 0.867. The van der Waals surface area contributed by atoms with Crippen LogP contribution in [0.5, 0.6) is 0 Å². The number of likely N-dealkylation sites (N-methyl/N-ethyl adjacent to an activating group) is 1. The van der Waals surface area contributed by atoms with Crippen molar-refractivity contribution in [2.75, 3.05) is 33.7 Å². The van der Waals surface area contributed by atoms with Gasteiger partial charge in [-0.3, -0.25) is 0 Å². The van der Waals surface area contributed by atoms with E-state index in [2.05, 4.69) is 0 Å². The molecule has 1 aliphatic heterocycles. The van der Waals surface area contributed by atoms with Crippen molar-refractivity contribution in [2.24, 2.45) is 0 Å². The van der Waals surface area contributed by atoms with E-state index in [1.54, 1.807) is 14.1 Å². The van der Waals surface area contributed by atoms with Crippen LogP contribution in [0.3, 0.4) is 0 Å². The second kappa shape index (κ2) is 10.7. The highest BCUT2D eigenvalue weighted by Crippen LogP contribution is 2.59. The molecule has 0 spiro atoms. The Kier molecular flexibility index (Phi) is 10.0. The summed E-state index contributed by atoms with van der Waals surface area (Å²) in [6.07, 6.45) is -24.2. The molecule has 1 N–H and O–H groups in total. The lowest BCUT2D eigenvalue weighted by Crippen LogP contribution is -2.77. The second-order valence-electron chi connectivity index (χ2n) is 7.75. The number of amides is 1. The van der Waals surface area contributed by atoms with Gasteiger partial charge in [-0.05, 0) is 0 Å². The molecule has 0 aliphatic carbocycles. The molecule has 0 aromatic heterocycles. The van der Waals surface area contributed by atoms with Gasteiger partial charge in [-0.2, -0.15) is 57.1 Å². The van der Waals surface area contributed by atoms with Crippen LogP contribution in [0.2, 0.25) is 0 Å². The minimum Gasteiger partial charge on any atom is -0.544 e. The van der Waals surface area contributed by atoms with E-state index in [9.17, 15) is 76.2 Å². The van der Waals surface area contributed by atoms with Gasteiger partial charge in [-0.1, -0.05) is 0 Å². The molecule has 7 nitrogen and oxygen atoms in total. The van der Waals surface area contributed by atoms with E-state index in [4.69, 9.17) is 0 Å². The van der Waals surface area contributed by atoms with E-state index in [1.807, 2.05) is 10.1 Å². The number of rotatable bonds is 8. The lowest BCUT2D eigenvalue weighted by Gasteiger charge is -2.49. The average Bonchev–Trinajstić information content (AvgIpc) is 2.52. The van der Waals surface area contributed by atoms with Crippen molar-refractivity contribution < 1.29 is 85.4 Å². The molecule has 0 bridgehead atoms. The zero-order chi connectivity index (χ0) is 29.2. The molecule has 36 heavy (non-hydrogen) atoms. The van der Waals surface area contributed by atoms with Crippen molar-refractivity contribution in [2.45, 2.75) is 49.4 Å². The molecule has 1 heterocycles. The van der Waals surface area contributed by atoms with Gasteiger partial charge in [-0.25, -0.2) is 9.53 Å². The Labute approximate surface area is 192 Å². The molecule has 1 fully saturated rings. The Morgan fingerprint density at radius 1 is 0.917 bits per heavy atom. The highest BCUT2D eigenvalue weighted by molar-refractivity contribution is 5.65. The summed E-state index contributed by atoms with van der Waals surface area (Å²) in [5.41, 5.74) is 0. The quantitative estimate of drug-likeness (QED) is 0.160. The highest BCUT2D eigenvalue weighted by Gasteiger charge is 2.87. The predicted octanol–water partition coefficient (Wildman–Crippen LogP) is 3.12. The highest BCUT2D eigenvalue weighted by atomic mass is 19.4. The van der Waals surface area contributed by atoms with Crippen LogP contribution in [0.4, 0.5) is 66.3 Å².